The molecule has 0 aliphatic heterocycles. The van der Waals surface area contributed by atoms with Crippen LogP contribution in [0.2, 0.25) is 0 Å². The zero-order chi connectivity index (χ0) is 27.8. The van der Waals surface area contributed by atoms with Gasteiger partial charge in [-0.25, -0.2) is 4.79 Å². The molecule has 12 heteroatoms. The Bertz CT molecular complexity index is 895. The number of hydrogen-bond donors (Lipinski definition) is 7. The number of carbonyl (C=O) groups is 5. The molecule has 0 radical (unpaired) electrons. The number of amides is 4. The van der Waals surface area contributed by atoms with Crippen LogP contribution in [0.15, 0.2) is 30.3 Å². The van der Waals surface area contributed by atoms with Crippen LogP contribution in [0, 0.1) is 5.92 Å². The van der Waals surface area contributed by atoms with Crippen molar-refractivity contribution in [1.29, 1.82) is 0 Å². The third-order valence-corrected chi connectivity index (χ3v) is 5.43. The first-order valence-corrected chi connectivity index (χ1v) is 12.4. The van der Waals surface area contributed by atoms with E-state index in [4.69, 9.17) is 11.5 Å². The topological polar surface area (TPSA) is 206 Å². The molecule has 4 amide bonds. The van der Waals surface area contributed by atoms with Gasteiger partial charge < -0.3 is 37.8 Å². The number of carbonyl (C=O) groups excluding carboxylic acids is 4. The lowest BCUT2D eigenvalue weighted by Gasteiger charge is -2.22. The third kappa shape index (κ3) is 13.4. The first kappa shape index (κ1) is 31.5. The highest BCUT2D eigenvalue weighted by atomic mass is 16.4. The fourth-order valence-corrected chi connectivity index (χ4v) is 3.45. The Morgan fingerprint density at radius 3 is 2.11 bits per heavy atom. The van der Waals surface area contributed by atoms with Gasteiger partial charge in [0.2, 0.25) is 23.6 Å². The SMILES string of the molecule is CC(C)C[C@H](NC(=O)[C@H](Cc1ccccc1)NC(=O)CNC(=O)CNC(=O)[C@@H](N)CCCCN)C(=O)O. The standard InChI is InChI=1S/C25H40N6O6/c1-16(2)12-20(25(36)37)31-24(35)19(13-17-8-4-3-5-9-17)30-22(33)15-28-21(32)14-29-23(34)18(27)10-6-7-11-26/h3-5,8-9,16,18-20H,6-7,10-15,26-27H2,1-2H3,(H,28,32)(H,29,34)(H,30,33)(H,31,35)(H,36,37)/t18-,19-,20-/m0/s1. The summed E-state index contributed by atoms with van der Waals surface area (Å²) in [6.07, 6.45) is 2.23. The van der Waals surface area contributed by atoms with Crippen LogP contribution in [0.25, 0.3) is 0 Å². The van der Waals surface area contributed by atoms with Gasteiger partial charge in [0.1, 0.15) is 12.1 Å². The van der Waals surface area contributed by atoms with E-state index < -0.39 is 54.3 Å². The summed E-state index contributed by atoms with van der Waals surface area (Å²) in [7, 11) is 0. The van der Waals surface area contributed by atoms with E-state index in [1.54, 1.807) is 24.3 Å². The smallest absolute Gasteiger partial charge is 0.326 e. The van der Waals surface area contributed by atoms with E-state index in [0.717, 1.165) is 12.0 Å². The van der Waals surface area contributed by atoms with Gasteiger partial charge in [0, 0.05) is 6.42 Å². The molecule has 0 saturated carbocycles. The lowest BCUT2D eigenvalue weighted by atomic mass is 10.0. The molecule has 1 rings (SSSR count). The molecule has 1 aromatic carbocycles. The Morgan fingerprint density at radius 2 is 1.51 bits per heavy atom. The normalized spacial score (nSPS) is 13.2. The highest BCUT2D eigenvalue weighted by molar-refractivity contribution is 5.93. The molecule has 0 spiro atoms. The van der Waals surface area contributed by atoms with Crippen LogP contribution in [0.5, 0.6) is 0 Å². The van der Waals surface area contributed by atoms with E-state index in [1.807, 2.05) is 19.9 Å². The van der Waals surface area contributed by atoms with Gasteiger partial charge >= 0.3 is 5.97 Å². The Hall–Kier alpha value is -3.51. The monoisotopic (exact) mass is 520 g/mol. The molecule has 1 aromatic rings. The van der Waals surface area contributed by atoms with Crippen LogP contribution in [-0.2, 0) is 30.4 Å². The van der Waals surface area contributed by atoms with Crippen molar-refractivity contribution in [3.63, 3.8) is 0 Å². The first-order chi connectivity index (χ1) is 17.5. The van der Waals surface area contributed by atoms with Crippen molar-refractivity contribution in [2.24, 2.45) is 17.4 Å². The Balaban J connectivity index is 2.66. The molecule has 3 atom stereocenters. The van der Waals surface area contributed by atoms with Gasteiger partial charge in [0.05, 0.1) is 19.1 Å². The molecule has 0 saturated heterocycles. The van der Waals surface area contributed by atoms with Crippen molar-refractivity contribution >= 4 is 29.6 Å². The molecule has 206 valence electrons. The maximum atomic E-state index is 12.9. The van der Waals surface area contributed by atoms with E-state index >= 15 is 0 Å². The highest BCUT2D eigenvalue weighted by Crippen LogP contribution is 2.08. The van der Waals surface area contributed by atoms with Gasteiger partial charge in [-0.1, -0.05) is 50.6 Å². The van der Waals surface area contributed by atoms with Crippen molar-refractivity contribution < 1.29 is 29.1 Å². The second kappa shape index (κ2) is 17.0. The number of nitrogens with two attached hydrogens (primary N) is 2. The molecule has 0 unspecified atom stereocenters. The molecule has 0 bridgehead atoms. The Labute approximate surface area is 217 Å². The molecular weight excluding hydrogens is 480 g/mol. The summed E-state index contributed by atoms with van der Waals surface area (Å²) in [6, 6.07) is 6.00. The summed E-state index contributed by atoms with van der Waals surface area (Å²) in [4.78, 5) is 61.0. The number of unbranched alkanes of at least 4 members (excludes halogenated alkanes) is 1. The second-order valence-corrected chi connectivity index (χ2v) is 9.22. The predicted octanol–water partition coefficient (Wildman–Crippen LogP) is -0.982. The zero-order valence-corrected chi connectivity index (χ0v) is 21.5. The fourth-order valence-electron chi connectivity index (χ4n) is 3.45. The van der Waals surface area contributed by atoms with E-state index in [0.29, 0.717) is 19.4 Å². The average Bonchev–Trinajstić information content (AvgIpc) is 2.85. The maximum absolute atomic E-state index is 12.9. The molecule has 9 N–H and O–H groups in total. The van der Waals surface area contributed by atoms with Crippen molar-refractivity contribution in [1.82, 2.24) is 21.3 Å². The maximum Gasteiger partial charge on any atom is 0.326 e. The van der Waals surface area contributed by atoms with E-state index in [-0.39, 0.29) is 25.3 Å². The summed E-state index contributed by atoms with van der Waals surface area (Å²) < 4.78 is 0. The minimum absolute atomic E-state index is 0.0276. The highest BCUT2D eigenvalue weighted by Gasteiger charge is 2.27. The Morgan fingerprint density at radius 1 is 0.865 bits per heavy atom. The molecule has 37 heavy (non-hydrogen) atoms. The number of hydrogen-bond acceptors (Lipinski definition) is 7. The molecule has 0 aromatic heterocycles. The van der Waals surface area contributed by atoms with Crippen LogP contribution in [0.3, 0.4) is 0 Å². The van der Waals surface area contributed by atoms with Crippen molar-refractivity contribution in [3.8, 4) is 0 Å². The lowest BCUT2D eigenvalue weighted by molar-refractivity contribution is -0.142. The predicted molar refractivity (Wildman–Crippen MR) is 138 cm³/mol. The zero-order valence-electron chi connectivity index (χ0n) is 21.5. The fraction of sp³-hybridized carbons (Fsp3) is 0.560. The van der Waals surface area contributed by atoms with Gasteiger partial charge in [0.25, 0.3) is 0 Å². The van der Waals surface area contributed by atoms with Crippen LogP contribution in [-0.4, -0.2) is 72.5 Å². The summed E-state index contributed by atoms with van der Waals surface area (Å²) in [5.41, 5.74) is 11.9. The van der Waals surface area contributed by atoms with Crippen LogP contribution in [0.1, 0.15) is 45.1 Å². The summed E-state index contributed by atoms with van der Waals surface area (Å²) in [5.74, 6) is -3.52. The first-order valence-electron chi connectivity index (χ1n) is 12.4. The molecular formula is C25H40N6O6. The minimum atomic E-state index is -1.17. The van der Waals surface area contributed by atoms with Crippen LogP contribution < -0.4 is 32.7 Å². The number of rotatable bonds is 17. The van der Waals surface area contributed by atoms with Gasteiger partial charge in [-0.15, -0.1) is 0 Å². The van der Waals surface area contributed by atoms with E-state index in [1.165, 1.54) is 0 Å². The molecule has 12 nitrogen and oxygen atoms in total. The minimum Gasteiger partial charge on any atom is -0.480 e. The molecule has 0 heterocycles. The van der Waals surface area contributed by atoms with Crippen molar-refractivity contribution in [3.05, 3.63) is 35.9 Å². The molecule has 0 fully saturated rings. The van der Waals surface area contributed by atoms with Crippen LogP contribution in [0.4, 0.5) is 0 Å². The van der Waals surface area contributed by atoms with Crippen LogP contribution >= 0.6 is 0 Å². The summed E-state index contributed by atoms with van der Waals surface area (Å²) in [5, 5.41) is 19.3. The quantitative estimate of drug-likeness (QED) is 0.127. The van der Waals surface area contributed by atoms with Crippen molar-refractivity contribution in [2.75, 3.05) is 19.6 Å². The largest absolute Gasteiger partial charge is 0.480 e. The third-order valence-electron chi connectivity index (χ3n) is 5.43. The molecule has 0 aliphatic carbocycles. The van der Waals surface area contributed by atoms with E-state index in [2.05, 4.69) is 21.3 Å². The van der Waals surface area contributed by atoms with E-state index in [9.17, 15) is 29.1 Å². The molecule has 0 aliphatic rings. The van der Waals surface area contributed by atoms with Gasteiger partial charge in [-0.2, -0.15) is 0 Å². The number of aliphatic carboxylic acids is 1. The van der Waals surface area contributed by atoms with Gasteiger partial charge in [-0.05, 0) is 37.3 Å². The van der Waals surface area contributed by atoms with Gasteiger partial charge in [0.15, 0.2) is 0 Å². The summed E-state index contributed by atoms with van der Waals surface area (Å²) in [6.45, 7) is 3.38. The number of carboxylic acid groups (broad SMARTS) is 1. The lowest BCUT2D eigenvalue weighted by Crippen LogP contribution is -2.54. The average molecular weight is 521 g/mol. The number of benzene rings is 1. The van der Waals surface area contributed by atoms with Gasteiger partial charge in [-0.3, -0.25) is 19.2 Å². The number of nitrogens with one attached hydrogen (secondary N) is 4. The second-order valence-electron chi connectivity index (χ2n) is 9.22. The summed E-state index contributed by atoms with van der Waals surface area (Å²) >= 11 is 0. The Kier molecular flexibility index (Phi) is 14.5. The van der Waals surface area contributed by atoms with Crippen molar-refractivity contribution in [2.45, 2.75) is 64.1 Å². The number of carboxylic acids is 1.